The second-order valence-corrected chi connectivity index (χ2v) is 4.96. The predicted octanol–water partition coefficient (Wildman–Crippen LogP) is 1.73. The average Bonchev–Trinajstić information content (AvgIpc) is 2.90. The Morgan fingerprint density at radius 1 is 1.40 bits per heavy atom. The van der Waals surface area contributed by atoms with Crippen LogP contribution in [0.15, 0.2) is 29.8 Å². The molecule has 2 N–H and O–H groups in total. The van der Waals surface area contributed by atoms with Crippen LogP contribution in [0.5, 0.6) is 0 Å². The summed E-state index contributed by atoms with van der Waals surface area (Å²) in [6, 6.07) is 7.53. The molecule has 0 unspecified atom stereocenters. The Morgan fingerprint density at radius 2 is 2.15 bits per heavy atom. The molecule has 0 fully saturated rings. The summed E-state index contributed by atoms with van der Waals surface area (Å²) in [4.78, 5) is 16.6. The number of aromatic nitrogens is 1. The zero-order valence-electron chi connectivity index (χ0n) is 11.0. The largest absolute Gasteiger partial charge is 0.384 e. The molecule has 4 nitrogen and oxygen atoms in total. The number of aliphatic hydroxyl groups excluding tert-OH is 1. The molecule has 0 saturated heterocycles. The average molecular weight is 286 g/mol. The van der Waals surface area contributed by atoms with Crippen LogP contribution >= 0.6 is 11.3 Å². The van der Waals surface area contributed by atoms with Crippen molar-refractivity contribution >= 4 is 17.2 Å². The number of hydrogen-bond donors (Lipinski definition) is 2. The summed E-state index contributed by atoms with van der Waals surface area (Å²) in [6.45, 7) is 2.13. The first-order valence-corrected chi connectivity index (χ1v) is 6.95. The first kappa shape index (κ1) is 14.3. The molecule has 1 amide bonds. The number of amides is 1. The number of nitrogens with zero attached hydrogens (tertiary/aromatic N) is 1. The molecule has 1 heterocycles. The lowest BCUT2D eigenvalue weighted by atomic mass is 10.1. The summed E-state index contributed by atoms with van der Waals surface area (Å²) in [6.07, 6.45) is 0. The van der Waals surface area contributed by atoms with E-state index >= 15 is 0 Å². The SMILES string of the molecule is Cc1ncsc1C(=O)NCc1ccc(C#CCO)cc1. The van der Waals surface area contributed by atoms with E-state index in [0.717, 1.165) is 16.8 Å². The highest BCUT2D eigenvalue weighted by molar-refractivity contribution is 7.11. The first-order valence-electron chi connectivity index (χ1n) is 6.07. The fraction of sp³-hybridized carbons (Fsp3) is 0.200. The Morgan fingerprint density at radius 3 is 2.75 bits per heavy atom. The van der Waals surface area contributed by atoms with E-state index in [9.17, 15) is 4.79 Å². The number of carbonyl (C=O) groups is 1. The van der Waals surface area contributed by atoms with E-state index in [-0.39, 0.29) is 12.5 Å². The van der Waals surface area contributed by atoms with Crippen LogP contribution in [-0.4, -0.2) is 22.6 Å². The van der Waals surface area contributed by atoms with Gasteiger partial charge in [0.05, 0.1) is 11.2 Å². The van der Waals surface area contributed by atoms with Crippen molar-refractivity contribution in [2.24, 2.45) is 0 Å². The van der Waals surface area contributed by atoms with Gasteiger partial charge in [0.15, 0.2) is 0 Å². The number of rotatable bonds is 3. The Kier molecular flexibility index (Phi) is 4.88. The van der Waals surface area contributed by atoms with Crippen LogP contribution in [0.2, 0.25) is 0 Å². The lowest BCUT2D eigenvalue weighted by molar-refractivity contribution is 0.0954. The molecular formula is C15H14N2O2S. The zero-order chi connectivity index (χ0) is 14.4. The highest BCUT2D eigenvalue weighted by atomic mass is 32.1. The van der Waals surface area contributed by atoms with Gasteiger partial charge in [0.25, 0.3) is 5.91 Å². The van der Waals surface area contributed by atoms with Gasteiger partial charge in [0, 0.05) is 12.1 Å². The number of thiazole rings is 1. The van der Waals surface area contributed by atoms with Crippen molar-refractivity contribution in [3.63, 3.8) is 0 Å². The molecule has 1 aromatic carbocycles. The molecule has 5 heteroatoms. The van der Waals surface area contributed by atoms with Gasteiger partial charge in [-0.1, -0.05) is 24.0 Å². The summed E-state index contributed by atoms with van der Waals surface area (Å²) in [5.41, 5.74) is 4.25. The van der Waals surface area contributed by atoms with Crippen LogP contribution in [0.1, 0.15) is 26.5 Å². The lowest BCUT2D eigenvalue weighted by Gasteiger charge is -2.04. The van der Waals surface area contributed by atoms with Crippen molar-refractivity contribution < 1.29 is 9.90 Å². The van der Waals surface area contributed by atoms with Crippen molar-refractivity contribution in [3.8, 4) is 11.8 Å². The number of benzene rings is 1. The molecule has 0 radical (unpaired) electrons. The van der Waals surface area contributed by atoms with Gasteiger partial charge >= 0.3 is 0 Å². The maximum Gasteiger partial charge on any atom is 0.263 e. The smallest absolute Gasteiger partial charge is 0.263 e. The first-order chi connectivity index (χ1) is 9.70. The van der Waals surface area contributed by atoms with Gasteiger partial charge in [-0.3, -0.25) is 4.79 Å². The van der Waals surface area contributed by atoms with Crippen molar-refractivity contribution in [1.82, 2.24) is 10.3 Å². The molecule has 0 bridgehead atoms. The van der Waals surface area contributed by atoms with Gasteiger partial charge < -0.3 is 10.4 Å². The van der Waals surface area contributed by atoms with Crippen LogP contribution in [0.4, 0.5) is 0 Å². The van der Waals surface area contributed by atoms with Crippen LogP contribution in [0, 0.1) is 18.8 Å². The summed E-state index contributed by atoms with van der Waals surface area (Å²) >= 11 is 1.34. The molecular weight excluding hydrogens is 272 g/mol. The minimum absolute atomic E-state index is 0.103. The summed E-state index contributed by atoms with van der Waals surface area (Å²) in [5, 5.41) is 11.5. The van der Waals surface area contributed by atoms with Gasteiger partial charge in [-0.15, -0.1) is 11.3 Å². The maximum atomic E-state index is 11.9. The molecule has 0 aliphatic rings. The molecule has 20 heavy (non-hydrogen) atoms. The number of carbonyl (C=O) groups excluding carboxylic acids is 1. The Hall–Kier alpha value is -2.16. The molecule has 2 rings (SSSR count). The second kappa shape index (κ2) is 6.85. The lowest BCUT2D eigenvalue weighted by Crippen LogP contribution is -2.22. The van der Waals surface area contributed by atoms with Crippen molar-refractivity contribution in [2.45, 2.75) is 13.5 Å². The zero-order valence-corrected chi connectivity index (χ0v) is 11.8. The van der Waals surface area contributed by atoms with E-state index in [2.05, 4.69) is 22.1 Å². The summed E-state index contributed by atoms with van der Waals surface area (Å²) in [5.74, 6) is 5.31. The molecule has 0 aliphatic heterocycles. The second-order valence-electron chi connectivity index (χ2n) is 4.11. The number of hydrogen-bond acceptors (Lipinski definition) is 4. The minimum atomic E-state index is -0.147. The monoisotopic (exact) mass is 286 g/mol. The number of aliphatic hydroxyl groups is 1. The van der Waals surface area contributed by atoms with E-state index in [4.69, 9.17) is 5.11 Å². The number of nitrogens with one attached hydrogen (secondary N) is 1. The third-order valence-corrected chi connectivity index (χ3v) is 3.60. The highest BCUT2D eigenvalue weighted by Crippen LogP contribution is 2.12. The van der Waals surface area contributed by atoms with Gasteiger partial charge in [0.1, 0.15) is 11.5 Å². The van der Waals surface area contributed by atoms with Gasteiger partial charge in [-0.25, -0.2) is 4.98 Å². The maximum absolute atomic E-state index is 11.9. The van der Waals surface area contributed by atoms with E-state index in [0.29, 0.717) is 11.4 Å². The van der Waals surface area contributed by atoms with Crippen LogP contribution in [0.3, 0.4) is 0 Å². The topological polar surface area (TPSA) is 62.2 Å². The molecule has 102 valence electrons. The molecule has 0 saturated carbocycles. The highest BCUT2D eigenvalue weighted by Gasteiger charge is 2.10. The molecule has 0 atom stereocenters. The summed E-state index contributed by atoms with van der Waals surface area (Å²) in [7, 11) is 0. The third kappa shape index (κ3) is 3.67. The molecule has 1 aromatic heterocycles. The summed E-state index contributed by atoms with van der Waals surface area (Å²) < 4.78 is 0. The fourth-order valence-corrected chi connectivity index (χ4v) is 2.35. The molecule has 0 spiro atoms. The van der Waals surface area contributed by atoms with Crippen molar-refractivity contribution in [1.29, 1.82) is 0 Å². The number of aryl methyl sites for hydroxylation is 1. The van der Waals surface area contributed by atoms with Crippen LogP contribution in [0.25, 0.3) is 0 Å². The van der Waals surface area contributed by atoms with Gasteiger partial charge in [0.2, 0.25) is 0 Å². The van der Waals surface area contributed by atoms with Crippen molar-refractivity contribution in [3.05, 3.63) is 51.5 Å². The normalized spacial score (nSPS) is 9.70. The Labute approximate surface area is 121 Å². The third-order valence-electron chi connectivity index (χ3n) is 2.67. The standard InChI is InChI=1S/C15H14N2O2S/c1-11-14(20-10-17-11)15(19)16-9-13-6-4-12(5-7-13)3-2-8-18/h4-7,10,18H,8-9H2,1H3,(H,16,19). The Balaban J connectivity index is 1.94. The van der Waals surface area contributed by atoms with Gasteiger partial charge in [-0.2, -0.15) is 0 Å². The fourth-order valence-electron chi connectivity index (χ4n) is 1.63. The minimum Gasteiger partial charge on any atom is -0.384 e. The predicted molar refractivity (Wildman–Crippen MR) is 78.4 cm³/mol. The Bertz CT molecular complexity index is 651. The quantitative estimate of drug-likeness (QED) is 0.845. The molecule has 2 aromatic rings. The van der Waals surface area contributed by atoms with Crippen LogP contribution < -0.4 is 5.32 Å². The van der Waals surface area contributed by atoms with Gasteiger partial charge in [-0.05, 0) is 24.6 Å². The van der Waals surface area contributed by atoms with E-state index in [1.54, 1.807) is 5.51 Å². The van der Waals surface area contributed by atoms with Crippen LogP contribution in [-0.2, 0) is 6.54 Å². The van der Waals surface area contributed by atoms with E-state index < -0.39 is 0 Å². The van der Waals surface area contributed by atoms with Crippen molar-refractivity contribution in [2.75, 3.05) is 6.61 Å². The van der Waals surface area contributed by atoms with E-state index in [1.165, 1.54) is 11.3 Å². The molecule has 0 aliphatic carbocycles. The van der Waals surface area contributed by atoms with E-state index in [1.807, 2.05) is 31.2 Å².